The predicted molar refractivity (Wildman–Crippen MR) is 77.4 cm³/mol. The standard InChI is InChI=1S/C15H22N4/c1-11(2)14-6-8-19(18-14)15-9-13(5-7-16-15)10-17-12(3)4/h5-9,11-12,17H,10H2,1-4H3. The Balaban J connectivity index is 2.17. The summed E-state index contributed by atoms with van der Waals surface area (Å²) in [6, 6.07) is 6.64. The first-order valence-electron chi connectivity index (χ1n) is 6.80. The largest absolute Gasteiger partial charge is 0.310 e. The molecular weight excluding hydrogens is 236 g/mol. The Labute approximate surface area is 114 Å². The van der Waals surface area contributed by atoms with Crippen LogP contribution in [0.5, 0.6) is 0 Å². The van der Waals surface area contributed by atoms with Gasteiger partial charge in [-0.1, -0.05) is 27.7 Å². The summed E-state index contributed by atoms with van der Waals surface area (Å²) in [6.45, 7) is 9.42. The average molecular weight is 258 g/mol. The summed E-state index contributed by atoms with van der Waals surface area (Å²) in [4.78, 5) is 4.38. The molecule has 0 aromatic carbocycles. The van der Waals surface area contributed by atoms with Gasteiger partial charge in [-0.05, 0) is 29.7 Å². The normalized spacial score (nSPS) is 11.5. The number of nitrogens with zero attached hydrogens (tertiary/aromatic N) is 3. The molecule has 2 aromatic heterocycles. The minimum absolute atomic E-state index is 0.437. The second kappa shape index (κ2) is 5.97. The number of hydrogen-bond acceptors (Lipinski definition) is 3. The van der Waals surface area contributed by atoms with E-state index in [1.54, 1.807) is 0 Å². The smallest absolute Gasteiger partial charge is 0.153 e. The Kier molecular flexibility index (Phi) is 4.32. The predicted octanol–water partition coefficient (Wildman–Crippen LogP) is 2.89. The van der Waals surface area contributed by atoms with Gasteiger partial charge < -0.3 is 5.32 Å². The SMILES string of the molecule is CC(C)NCc1ccnc(-n2ccc(C(C)C)n2)c1. The van der Waals surface area contributed by atoms with Crippen LogP contribution in [0.15, 0.2) is 30.6 Å². The molecule has 0 aliphatic rings. The molecule has 0 amide bonds. The van der Waals surface area contributed by atoms with Gasteiger partial charge in [0.15, 0.2) is 5.82 Å². The van der Waals surface area contributed by atoms with E-state index in [9.17, 15) is 0 Å². The Morgan fingerprint density at radius 3 is 2.63 bits per heavy atom. The Morgan fingerprint density at radius 2 is 2.00 bits per heavy atom. The van der Waals surface area contributed by atoms with Crippen LogP contribution in [0.4, 0.5) is 0 Å². The molecule has 0 bridgehead atoms. The molecule has 4 nitrogen and oxygen atoms in total. The Hall–Kier alpha value is -1.68. The van der Waals surface area contributed by atoms with Gasteiger partial charge >= 0.3 is 0 Å². The molecule has 4 heteroatoms. The first-order valence-corrected chi connectivity index (χ1v) is 6.80. The molecule has 0 aliphatic carbocycles. The maximum absolute atomic E-state index is 4.55. The molecule has 1 N–H and O–H groups in total. The highest BCUT2D eigenvalue weighted by molar-refractivity contribution is 5.27. The Morgan fingerprint density at radius 1 is 1.21 bits per heavy atom. The summed E-state index contributed by atoms with van der Waals surface area (Å²) in [5.74, 6) is 1.31. The lowest BCUT2D eigenvalue weighted by Gasteiger charge is -2.09. The monoisotopic (exact) mass is 258 g/mol. The van der Waals surface area contributed by atoms with Gasteiger partial charge in [-0.3, -0.25) is 0 Å². The van der Waals surface area contributed by atoms with E-state index < -0.39 is 0 Å². The fraction of sp³-hybridized carbons (Fsp3) is 0.467. The van der Waals surface area contributed by atoms with Crippen LogP contribution in [0.3, 0.4) is 0 Å². The summed E-state index contributed by atoms with van der Waals surface area (Å²) < 4.78 is 1.84. The lowest BCUT2D eigenvalue weighted by molar-refractivity contribution is 0.588. The molecule has 0 unspecified atom stereocenters. The van der Waals surface area contributed by atoms with Crippen molar-refractivity contribution < 1.29 is 0 Å². The van der Waals surface area contributed by atoms with Gasteiger partial charge in [-0.2, -0.15) is 5.10 Å². The fourth-order valence-electron chi connectivity index (χ4n) is 1.79. The first kappa shape index (κ1) is 13.7. The van der Waals surface area contributed by atoms with Gasteiger partial charge in [0.05, 0.1) is 5.69 Å². The van der Waals surface area contributed by atoms with Gasteiger partial charge in [0.2, 0.25) is 0 Å². The van der Waals surface area contributed by atoms with E-state index in [1.165, 1.54) is 5.56 Å². The van der Waals surface area contributed by atoms with Crippen LogP contribution in [-0.2, 0) is 6.54 Å². The molecule has 0 saturated carbocycles. The van der Waals surface area contributed by atoms with E-state index in [1.807, 2.05) is 29.2 Å². The van der Waals surface area contributed by atoms with Crippen molar-refractivity contribution in [3.63, 3.8) is 0 Å². The minimum Gasteiger partial charge on any atom is -0.310 e. The zero-order valence-corrected chi connectivity index (χ0v) is 12.1. The van der Waals surface area contributed by atoms with Crippen molar-refractivity contribution in [2.75, 3.05) is 0 Å². The van der Waals surface area contributed by atoms with Crippen LogP contribution in [0.2, 0.25) is 0 Å². The quantitative estimate of drug-likeness (QED) is 0.896. The highest BCUT2D eigenvalue weighted by atomic mass is 15.3. The van der Waals surface area contributed by atoms with Gasteiger partial charge in [0, 0.05) is 25.0 Å². The summed E-state index contributed by atoms with van der Waals surface area (Å²) in [7, 11) is 0. The zero-order chi connectivity index (χ0) is 13.8. The summed E-state index contributed by atoms with van der Waals surface area (Å²) in [5.41, 5.74) is 2.31. The fourth-order valence-corrected chi connectivity index (χ4v) is 1.79. The minimum atomic E-state index is 0.437. The zero-order valence-electron chi connectivity index (χ0n) is 12.1. The van der Waals surface area contributed by atoms with Crippen LogP contribution in [-0.4, -0.2) is 20.8 Å². The van der Waals surface area contributed by atoms with Crippen LogP contribution in [0.25, 0.3) is 5.82 Å². The van der Waals surface area contributed by atoms with Gasteiger partial charge in [-0.25, -0.2) is 9.67 Å². The van der Waals surface area contributed by atoms with Crippen molar-refractivity contribution in [3.8, 4) is 5.82 Å². The first-order chi connectivity index (χ1) is 9.06. The van der Waals surface area contributed by atoms with E-state index in [0.717, 1.165) is 18.1 Å². The number of aromatic nitrogens is 3. The van der Waals surface area contributed by atoms with Crippen molar-refractivity contribution in [1.82, 2.24) is 20.1 Å². The van der Waals surface area contributed by atoms with E-state index in [-0.39, 0.29) is 0 Å². The van der Waals surface area contributed by atoms with Crippen LogP contribution >= 0.6 is 0 Å². The highest BCUT2D eigenvalue weighted by Gasteiger charge is 2.06. The molecular formula is C15H22N4. The van der Waals surface area contributed by atoms with Crippen molar-refractivity contribution >= 4 is 0 Å². The van der Waals surface area contributed by atoms with Gasteiger partial charge in [0.25, 0.3) is 0 Å². The maximum Gasteiger partial charge on any atom is 0.153 e. The lowest BCUT2D eigenvalue weighted by atomic mass is 10.1. The lowest BCUT2D eigenvalue weighted by Crippen LogP contribution is -2.21. The molecule has 0 spiro atoms. The number of pyridine rings is 1. The molecule has 0 fully saturated rings. The molecule has 2 aromatic rings. The molecule has 0 aliphatic heterocycles. The number of hydrogen-bond donors (Lipinski definition) is 1. The van der Waals surface area contributed by atoms with Crippen LogP contribution in [0.1, 0.15) is 44.9 Å². The molecule has 19 heavy (non-hydrogen) atoms. The third-order valence-corrected chi connectivity index (χ3v) is 2.96. The van der Waals surface area contributed by atoms with E-state index >= 15 is 0 Å². The topological polar surface area (TPSA) is 42.7 Å². The molecule has 0 radical (unpaired) electrons. The molecule has 0 saturated heterocycles. The van der Waals surface area contributed by atoms with E-state index in [4.69, 9.17) is 0 Å². The molecule has 102 valence electrons. The second-order valence-corrected chi connectivity index (χ2v) is 5.40. The molecule has 2 heterocycles. The van der Waals surface area contributed by atoms with E-state index in [0.29, 0.717) is 12.0 Å². The Bertz CT molecular complexity index is 528. The van der Waals surface area contributed by atoms with Crippen molar-refractivity contribution in [3.05, 3.63) is 41.9 Å². The number of nitrogens with one attached hydrogen (secondary N) is 1. The highest BCUT2D eigenvalue weighted by Crippen LogP contribution is 2.13. The third-order valence-electron chi connectivity index (χ3n) is 2.96. The van der Waals surface area contributed by atoms with Crippen LogP contribution in [0, 0.1) is 0 Å². The molecule has 2 rings (SSSR count). The number of rotatable bonds is 5. The summed E-state index contributed by atoms with van der Waals surface area (Å²) in [5, 5.41) is 7.96. The average Bonchev–Trinajstić information content (AvgIpc) is 2.86. The third kappa shape index (κ3) is 3.64. The van der Waals surface area contributed by atoms with E-state index in [2.05, 4.69) is 49.2 Å². The van der Waals surface area contributed by atoms with Gasteiger partial charge in [-0.15, -0.1) is 0 Å². The maximum atomic E-state index is 4.55. The van der Waals surface area contributed by atoms with Crippen molar-refractivity contribution in [2.45, 2.75) is 46.2 Å². The summed E-state index contributed by atoms with van der Waals surface area (Å²) >= 11 is 0. The van der Waals surface area contributed by atoms with Gasteiger partial charge in [0.1, 0.15) is 0 Å². The second-order valence-electron chi connectivity index (χ2n) is 5.40. The summed E-state index contributed by atoms with van der Waals surface area (Å²) in [6.07, 6.45) is 3.81. The van der Waals surface area contributed by atoms with Crippen molar-refractivity contribution in [1.29, 1.82) is 0 Å². The van der Waals surface area contributed by atoms with Crippen LogP contribution < -0.4 is 5.32 Å². The molecule has 0 atom stereocenters. The van der Waals surface area contributed by atoms with Crippen molar-refractivity contribution in [2.24, 2.45) is 0 Å².